The molecule has 0 unspecified atom stereocenters. The van der Waals surface area contributed by atoms with Crippen molar-refractivity contribution in [3.8, 4) is 5.75 Å². The third kappa shape index (κ3) is 10.3. The van der Waals surface area contributed by atoms with Crippen LogP contribution in [0.15, 0.2) is 53.1 Å². The van der Waals surface area contributed by atoms with Gasteiger partial charge in [0.05, 0.1) is 18.4 Å². The van der Waals surface area contributed by atoms with E-state index in [4.69, 9.17) is 14.2 Å². The van der Waals surface area contributed by atoms with E-state index in [0.717, 1.165) is 31.4 Å². The van der Waals surface area contributed by atoms with Gasteiger partial charge in [-0.3, -0.25) is 0 Å². The molecule has 5 nitrogen and oxygen atoms in total. The molecule has 0 atom stereocenters. The topological polar surface area (TPSA) is 56.8 Å². The molecule has 0 radical (unpaired) electrons. The standard InChI is InChI=1S/C25H37NO4/c1-19(2)9-7-10-20(3)11-8-12-21(4)15-16-26-23-17-22(25(27)29-6)13-14-24(23)30-18-28-5/h9,11,13-15,17,26H,7-8,10,12,16,18H2,1-6H3. The fraction of sp³-hybridized carbons (Fsp3) is 0.480. The molecule has 166 valence electrons. The van der Waals surface area contributed by atoms with Crippen molar-refractivity contribution in [2.24, 2.45) is 0 Å². The van der Waals surface area contributed by atoms with E-state index in [2.05, 4.69) is 51.2 Å². The lowest BCUT2D eigenvalue weighted by molar-refractivity contribution is 0.0515. The second-order valence-corrected chi connectivity index (χ2v) is 7.59. The van der Waals surface area contributed by atoms with Crippen molar-refractivity contribution >= 4 is 11.7 Å². The Morgan fingerprint density at radius 2 is 1.63 bits per heavy atom. The number of hydrogen-bond acceptors (Lipinski definition) is 5. The highest BCUT2D eigenvalue weighted by Crippen LogP contribution is 2.26. The lowest BCUT2D eigenvalue weighted by atomic mass is 10.1. The summed E-state index contributed by atoms with van der Waals surface area (Å²) in [5, 5.41) is 3.32. The number of carbonyl (C=O) groups excluding carboxylic acids is 1. The van der Waals surface area contributed by atoms with Gasteiger partial charge in [0.1, 0.15) is 5.75 Å². The summed E-state index contributed by atoms with van der Waals surface area (Å²) < 4.78 is 15.4. The number of methoxy groups -OCH3 is 2. The Balaban J connectivity index is 2.61. The maximum absolute atomic E-state index is 11.8. The van der Waals surface area contributed by atoms with Gasteiger partial charge in [-0.25, -0.2) is 4.79 Å². The van der Waals surface area contributed by atoms with Gasteiger partial charge >= 0.3 is 5.97 Å². The Morgan fingerprint density at radius 1 is 0.967 bits per heavy atom. The molecule has 0 saturated carbocycles. The summed E-state index contributed by atoms with van der Waals surface area (Å²) in [7, 11) is 2.94. The van der Waals surface area contributed by atoms with E-state index < -0.39 is 0 Å². The van der Waals surface area contributed by atoms with Crippen LogP contribution in [0.1, 0.15) is 63.7 Å². The largest absolute Gasteiger partial charge is 0.465 e. The fourth-order valence-corrected chi connectivity index (χ4v) is 2.84. The predicted molar refractivity (Wildman–Crippen MR) is 124 cm³/mol. The quantitative estimate of drug-likeness (QED) is 0.233. The molecule has 0 aliphatic heterocycles. The predicted octanol–water partition coefficient (Wildman–Crippen LogP) is 6.29. The van der Waals surface area contributed by atoms with Crippen molar-refractivity contribution in [2.75, 3.05) is 32.9 Å². The number of nitrogens with one attached hydrogen (secondary N) is 1. The summed E-state index contributed by atoms with van der Waals surface area (Å²) in [6.07, 6.45) is 11.1. The Bertz CT molecular complexity index is 758. The summed E-state index contributed by atoms with van der Waals surface area (Å²) in [4.78, 5) is 11.8. The maximum Gasteiger partial charge on any atom is 0.337 e. The van der Waals surface area contributed by atoms with Gasteiger partial charge in [0.25, 0.3) is 0 Å². The van der Waals surface area contributed by atoms with Gasteiger partial charge < -0.3 is 19.5 Å². The third-order valence-electron chi connectivity index (χ3n) is 4.60. The van der Waals surface area contributed by atoms with Crippen molar-refractivity contribution in [2.45, 2.75) is 53.4 Å². The van der Waals surface area contributed by atoms with Gasteiger partial charge in [0.2, 0.25) is 0 Å². The van der Waals surface area contributed by atoms with Gasteiger partial charge in [-0.1, -0.05) is 34.9 Å². The van der Waals surface area contributed by atoms with Crippen LogP contribution in [0.5, 0.6) is 5.75 Å². The number of hydrogen-bond donors (Lipinski definition) is 1. The molecule has 0 amide bonds. The molecule has 0 spiro atoms. The molecule has 1 aromatic rings. The van der Waals surface area contributed by atoms with Crippen LogP contribution in [0.4, 0.5) is 5.69 Å². The first-order valence-electron chi connectivity index (χ1n) is 10.4. The van der Waals surface area contributed by atoms with Crippen LogP contribution in [-0.2, 0) is 9.47 Å². The molecular formula is C25H37NO4. The molecule has 0 fully saturated rings. The van der Waals surface area contributed by atoms with Crippen molar-refractivity contribution in [3.63, 3.8) is 0 Å². The van der Waals surface area contributed by atoms with Gasteiger partial charge in [0, 0.05) is 13.7 Å². The molecule has 0 aromatic heterocycles. The van der Waals surface area contributed by atoms with Crippen LogP contribution < -0.4 is 10.1 Å². The van der Waals surface area contributed by atoms with E-state index in [1.165, 1.54) is 23.8 Å². The van der Waals surface area contributed by atoms with Crippen LogP contribution in [0, 0.1) is 0 Å². The summed E-state index contributed by atoms with van der Waals surface area (Å²) in [5.41, 5.74) is 5.34. The van der Waals surface area contributed by atoms with Crippen LogP contribution in [0.25, 0.3) is 0 Å². The molecule has 0 saturated heterocycles. The number of anilines is 1. The zero-order valence-corrected chi connectivity index (χ0v) is 19.3. The molecule has 0 bridgehead atoms. The lowest BCUT2D eigenvalue weighted by Gasteiger charge is -2.13. The zero-order chi connectivity index (χ0) is 22.4. The first-order chi connectivity index (χ1) is 14.4. The Kier molecular flexibility index (Phi) is 12.3. The SMILES string of the molecule is COCOc1ccc(C(=O)OC)cc1NCC=C(C)CCC=C(C)CCC=C(C)C. The number of rotatable bonds is 13. The number of benzene rings is 1. The molecular weight excluding hydrogens is 378 g/mol. The second kappa shape index (κ2) is 14.5. The minimum absolute atomic E-state index is 0.139. The monoisotopic (exact) mass is 415 g/mol. The van der Waals surface area contributed by atoms with E-state index in [-0.39, 0.29) is 12.8 Å². The average molecular weight is 416 g/mol. The first kappa shape index (κ1) is 25.5. The Labute approximate surface area is 181 Å². The van der Waals surface area contributed by atoms with E-state index >= 15 is 0 Å². The zero-order valence-electron chi connectivity index (χ0n) is 19.3. The maximum atomic E-state index is 11.8. The van der Waals surface area contributed by atoms with Crippen LogP contribution in [0.2, 0.25) is 0 Å². The molecule has 0 aliphatic rings. The molecule has 30 heavy (non-hydrogen) atoms. The highest BCUT2D eigenvalue weighted by Gasteiger charge is 2.10. The van der Waals surface area contributed by atoms with Gasteiger partial charge in [-0.15, -0.1) is 0 Å². The molecule has 1 N–H and O–H groups in total. The minimum atomic E-state index is -0.380. The van der Waals surface area contributed by atoms with Crippen LogP contribution >= 0.6 is 0 Å². The van der Waals surface area contributed by atoms with Crippen molar-refractivity contribution < 1.29 is 19.0 Å². The first-order valence-corrected chi connectivity index (χ1v) is 10.4. The molecule has 0 heterocycles. The third-order valence-corrected chi connectivity index (χ3v) is 4.60. The van der Waals surface area contributed by atoms with E-state index in [9.17, 15) is 4.79 Å². The normalized spacial score (nSPS) is 11.8. The smallest absolute Gasteiger partial charge is 0.337 e. The number of ether oxygens (including phenoxy) is 3. The molecule has 5 heteroatoms. The molecule has 0 aliphatic carbocycles. The Morgan fingerprint density at radius 3 is 2.27 bits per heavy atom. The number of esters is 1. The van der Waals surface area contributed by atoms with Crippen molar-refractivity contribution in [1.82, 2.24) is 0 Å². The van der Waals surface area contributed by atoms with E-state index in [1.807, 2.05) is 0 Å². The average Bonchev–Trinajstić information content (AvgIpc) is 2.71. The van der Waals surface area contributed by atoms with Gasteiger partial charge in [-0.05, 0) is 71.6 Å². The fourth-order valence-electron chi connectivity index (χ4n) is 2.84. The molecule has 1 rings (SSSR count). The highest BCUT2D eigenvalue weighted by molar-refractivity contribution is 5.91. The van der Waals surface area contributed by atoms with Crippen LogP contribution in [0.3, 0.4) is 0 Å². The summed E-state index contributed by atoms with van der Waals surface area (Å²) in [6.45, 7) is 9.40. The lowest BCUT2D eigenvalue weighted by Crippen LogP contribution is -2.08. The summed E-state index contributed by atoms with van der Waals surface area (Å²) in [5.74, 6) is 0.250. The van der Waals surface area contributed by atoms with Crippen molar-refractivity contribution in [3.05, 3.63) is 58.7 Å². The summed E-state index contributed by atoms with van der Waals surface area (Å²) in [6, 6.07) is 5.15. The number of allylic oxidation sites excluding steroid dienone is 5. The second-order valence-electron chi connectivity index (χ2n) is 7.59. The van der Waals surface area contributed by atoms with E-state index in [0.29, 0.717) is 17.9 Å². The van der Waals surface area contributed by atoms with Crippen LogP contribution in [-0.4, -0.2) is 33.5 Å². The van der Waals surface area contributed by atoms with Gasteiger partial charge in [-0.2, -0.15) is 0 Å². The van der Waals surface area contributed by atoms with Crippen molar-refractivity contribution in [1.29, 1.82) is 0 Å². The molecule has 1 aromatic carbocycles. The highest BCUT2D eigenvalue weighted by atomic mass is 16.7. The van der Waals surface area contributed by atoms with E-state index in [1.54, 1.807) is 25.3 Å². The summed E-state index contributed by atoms with van der Waals surface area (Å²) >= 11 is 0. The number of carbonyl (C=O) groups is 1. The Hall–Kier alpha value is -2.53. The van der Waals surface area contributed by atoms with Gasteiger partial charge in [0.15, 0.2) is 6.79 Å². The minimum Gasteiger partial charge on any atom is -0.465 e.